The molecule has 0 saturated heterocycles. The second kappa shape index (κ2) is 7.33. The van der Waals surface area contributed by atoms with Crippen LogP contribution in [0.15, 0.2) is 35.3 Å². The summed E-state index contributed by atoms with van der Waals surface area (Å²) in [4.78, 5) is 4.23. The van der Waals surface area contributed by atoms with E-state index < -0.39 is 0 Å². The molecule has 0 aliphatic rings. The summed E-state index contributed by atoms with van der Waals surface area (Å²) >= 11 is 4.69. The van der Waals surface area contributed by atoms with Crippen molar-refractivity contribution >= 4 is 17.4 Å². The summed E-state index contributed by atoms with van der Waals surface area (Å²) in [5.41, 5.74) is 1.24. The molecule has 0 N–H and O–H groups in total. The normalized spacial score (nSPS) is 11.8. The Morgan fingerprint density at radius 2 is 2.00 bits per heavy atom. The maximum Gasteiger partial charge on any atom is 0.0852 e. The SMILES string of the molecule is CCCCCC(N=C=S)c1ccccc1. The van der Waals surface area contributed by atoms with E-state index >= 15 is 0 Å². The van der Waals surface area contributed by atoms with E-state index in [9.17, 15) is 0 Å². The molecule has 1 aromatic carbocycles. The van der Waals surface area contributed by atoms with Crippen LogP contribution in [0.5, 0.6) is 0 Å². The molecule has 1 atom stereocenters. The number of thiocarbonyl (C=S) groups is 1. The van der Waals surface area contributed by atoms with Gasteiger partial charge in [-0.2, -0.15) is 0 Å². The molecule has 0 bridgehead atoms. The second-order valence-corrected chi connectivity index (χ2v) is 3.83. The zero-order valence-electron chi connectivity index (χ0n) is 9.15. The molecule has 1 aromatic rings. The average molecular weight is 219 g/mol. The van der Waals surface area contributed by atoms with Crippen LogP contribution in [0.4, 0.5) is 0 Å². The third-order valence-corrected chi connectivity index (χ3v) is 2.58. The first kappa shape index (κ1) is 12.1. The molecule has 15 heavy (non-hydrogen) atoms. The molecule has 1 nitrogen and oxygen atoms in total. The molecule has 0 aliphatic carbocycles. The summed E-state index contributed by atoms with van der Waals surface area (Å²) in [6, 6.07) is 10.5. The number of unbranched alkanes of at least 4 members (excludes halogenated alkanes) is 2. The Morgan fingerprint density at radius 3 is 2.60 bits per heavy atom. The van der Waals surface area contributed by atoms with E-state index in [0.29, 0.717) is 0 Å². The molecule has 0 heterocycles. The van der Waals surface area contributed by atoms with Gasteiger partial charge in [-0.25, -0.2) is 4.99 Å². The van der Waals surface area contributed by atoms with E-state index in [2.05, 4.69) is 29.2 Å². The maximum absolute atomic E-state index is 4.69. The van der Waals surface area contributed by atoms with Gasteiger partial charge in [-0.1, -0.05) is 56.5 Å². The Labute approximate surface area is 97.2 Å². The summed E-state index contributed by atoms with van der Waals surface area (Å²) in [6.07, 6.45) is 4.77. The number of nitrogens with zero attached hydrogens (tertiary/aromatic N) is 1. The van der Waals surface area contributed by atoms with Gasteiger partial charge >= 0.3 is 0 Å². The number of rotatable bonds is 6. The van der Waals surface area contributed by atoms with Crippen molar-refractivity contribution < 1.29 is 0 Å². The lowest BCUT2D eigenvalue weighted by Crippen LogP contribution is -1.95. The predicted molar refractivity (Wildman–Crippen MR) is 68.4 cm³/mol. The lowest BCUT2D eigenvalue weighted by molar-refractivity contribution is 0.585. The zero-order valence-corrected chi connectivity index (χ0v) is 9.96. The molecule has 0 radical (unpaired) electrons. The van der Waals surface area contributed by atoms with Crippen LogP contribution in [-0.4, -0.2) is 5.16 Å². The third-order valence-electron chi connectivity index (χ3n) is 2.47. The molecule has 1 unspecified atom stereocenters. The number of hydrogen-bond donors (Lipinski definition) is 0. The minimum atomic E-state index is 0.204. The van der Waals surface area contributed by atoms with E-state index in [1.165, 1.54) is 24.8 Å². The van der Waals surface area contributed by atoms with Gasteiger partial charge in [0.1, 0.15) is 0 Å². The molecular weight excluding hydrogens is 202 g/mol. The maximum atomic E-state index is 4.69. The van der Waals surface area contributed by atoms with Crippen molar-refractivity contribution in [1.82, 2.24) is 0 Å². The quantitative estimate of drug-likeness (QED) is 0.392. The van der Waals surface area contributed by atoms with Gasteiger partial charge in [0.25, 0.3) is 0 Å². The van der Waals surface area contributed by atoms with Crippen molar-refractivity contribution in [3.63, 3.8) is 0 Å². The molecular formula is C13H17NS. The highest BCUT2D eigenvalue weighted by Crippen LogP contribution is 2.23. The molecule has 0 aliphatic heterocycles. The van der Waals surface area contributed by atoms with Gasteiger partial charge in [0, 0.05) is 0 Å². The molecule has 0 spiro atoms. The fourth-order valence-electron chi connectivity index (χ4n) is 1.63. The van der Waals surface area contributed by atoms with Gasteiger partial charge < -0.3 is 0 Å². The van der Waals surface area contributed by atoms with Crippen molar-refractivity contribution in [3.8, 4) is 0 Å². The minimum absolute atomic E-state index is 0.204. The van der Waals surface area contributed by atoms with Gasteiger partial charge in [-0.3, -0.25) is 0 Å². The first-order chi connectivity index (χ1) is 7.38. The van der Waals surface area contributed by atoms with Crippen LogP contribution in [0, 0.1) is 0 Å². The molecule has 0 fully saturated rings. The first-order valence-corrected chi connectivity index (χ1v) is 5.91. The number of hydrogen-bond acceptors (Lipinski definition) is 2. The van der Waals surface area contributed by atoms with Crippen LogP contribution in [0.3, 0.4) is 0 Å². The van der Waals surface area contributed by atoms with E-state index in [4.69, 9.17) is 12.2 Å². The Morgan fingerprint density at radius 1 is 1.27 bits per heavy atom. The summed E-state index contributed by atoms with van der Waals surface area (Å²) in [7, 11) is 0. The summed E-state index contributed by atoms with van der Waals surface area (Å²) in [5, 5.41) is 2.50. The van der Waals surface area contributed by atoms with Crippen LogP contribution in [0.25, 0.3) is 0 Å². The van der Waals surface area contributed by atoms with Crippen molar-refractivity contribution in [2.75, 3.05) is 0 Å². The minimum Gasteiger partial charge on any atom is -0.224 e. The van der Waals surface area contributed by atoms with Crippen LogP contribution < -0.4 is 0 Å². The Hall–Kier alpha value is -0.980. The lowest BCUT2D eigenvalue weighted by Gasteiger charge is -2.10. The number of isothiocyanates is 1. The van der Waals surface area contributed by atoms with Gasteiger partial charge in [0.15, 0.2) is 0 Å². The summed E-state index contributed by atoms with van der Waals surface area (Å²) in [6.45, 7) is 2.21. The zero-order chi connectivity index (χ0) is 10.9. The average Bonchev–Trinajstić information content (AvgIpc) is 2.29. The monoisotopic (exact) mass is 219 g/mol. The molecule has 0 amide bonds. The second-order valence-electron chi connectivity index (χ2n) is 3.64. The van der Waals surface area contributed by atoms with Crippen LogP contribution in [0.2, 0.25) is 0 Å². The van der Waals surface area contributed by atoms with Gasteiger partial charge in [-0.05, 0) is 24.2 Å². The molecule has 1 rings (SSSR count). The standard InChI is InChI=1S/C13H17NS/c1-2-3-5-10-13(14-11-15)12-8-6-4-7-9-12/h4,6-9,13H,2-3,5,10H2,1H3. The number of benzene rings is 1. The highest BCUT2D eigenvalue weighted by Gasteiger charge is 2.07. The fraction of sp³-hybridized carbons (Fsp3) is 0.462. The first-order valence-electron chi connectivity index (χ1n) is 5.50. The van der Waals surface area contributed by atoms with Gasteiger partial charge in [0.05, 0.1) is 11.2 Å². The van der Waals surface area contributed by atoms with Crippen molar-refractivity contribution in [2.24, 2.45) is 4.99 Å². The molecule has 0 saturated carbocycles. The van der Waals surface area contributed by atoms with Gasteiger partial charge in [-0.15, -0.1) is 0 Å². The topological polar surface area (TPSA) is 12.4 Å². The van der Waals surface area contributed by atoms with Crippen molar-refractivity contribution in [2.45, 2.75) is 38.6 Å². The smallest absolute Gasteiger partial charge is 0.0852 e. The number of aliphatic imine (C=N–C) groups is 1. The van der Waals surface area contributed by atoms with Crippen LogP contribution >= 0.6 is 12.2 Å². The van der Waals surface area contributed by atoms with E-state index in [1.54, 1.807) is 0 Å². The van der Waals surface area contributed by atoms with Gasteiger partial charge in [0.2, 0.25) is 0 Å². The third kappa shape index (κ3) is 4.37. The highest BCUT2D eigenvalue weighted by molar-refractivity contribution is 7.78. The predicted octanol–water partition coefficient (Wildman–Crippen LogP) is 4.41. The lowest BCUT2D eigenvalue weighted by atomic mass is 10.0. The summed E-state index contributed by atoms with van der Waals surface area (Å²) in [5.74, 6) is 0. The Kier molecular flexibility index (Phi) is 5.91. The molecule has 0 aromatic heterocycles. The van der Waals surface area contributed by atoms with E-state index in [1.807, 2.05) is 18.2 Å². The fourth-order valence-corrected chi connectivity index (χ4v) is 1.76. The highest BCUT2D eigenvalue weighted by atomic mass is 32.1. The van der Waals surface area contributed by atoms with Crippen molar-refractivity contribution in [3.05, 3.63) is 35.9 Å². The largest absolute Gasteiger partial charge is 0.224 e. The molecule has 80 valence electrons. The molecule has 2 heteroatoms. The Bertz CT molecular complexity index is 315. The summed E-state index contributed by atoms with van der Waals surface area (Å²) < 4.78 is 0. The van der Waals surface area contributed by atoms with Crippen molar-refractivity contribution in [1.29, 1.82) is 0 Å². The van der Waals surface area contributed by atoms with E-state index in [-0.39, 0.29) is 6.04 Å². The van der Waals surface area contributed by atoms with Crippen LogP contribution in [-0.2, 0) is 0 Å². The Balaban J connectivity index is 2.62. The van der Waals surface area contributed by atoms with E-state index in [0.717, 1.165) is 6.42 Å². The van der Waals surface area contributed by atoms with Crippen LogP contribution in [0.1, 0.15) is 44.2 Å².